The van der Waals surface area contributed by atoms with Crippen molar-refractivity contribution in [1.29, 1.82) is 0 Å². The number of carbonyl (C=O) groups is 1. The number of ketones is 1. The van der Waals surface area contributed by atoms with Crippen LogP contribution in [0.5, 0.6) is 6.01 Å². The number of ether oxygens (including phenoxy) is 1. The Hall–Kier alpha value is -4.34. The van der Waals surface area contributed by atoms with Gasteiger partial charge < -0.3 is 10.1 Å². The third kappa shape index (κ3) is 7.08. The van der Waals surface area contributed by atoms with Crippen molar-refractivity contribution < 1.29 is 27.1 Å². The van der Waals surface area contributed by atoms with Crippen molar-refractivity contribution in [2.24, 2.45) is 0 Å². The van der Waals surface area contributed by atoms with Gasteiger partial charge in [-0.15, -0.1) is 0 Å². The zero-order valence-corrected chi connectivity index (χ0v) is 18.8. The van der Waals surface area contributed by atoms with Crippen molar-refractivity contribution in [1.82, 2.24) is 15.0 Å². The first kappa shape index (κ1) is 24.8. The van der Waals surface area contributed by atoms with Crippen LogP contribution in [0, 0.1) is 5.82 Å². The summed E-state index contributed by atoms with van der Waals surface area (Å²) in [5, 5.41) is 2.88. The molecule has 0 aliphatic rings. The summed E-state index contributed by atoms with van der Waals surface area (Å²) in [5.41, 5.74) is 2.51. The van der Waals surface area contributed by atoms with Crippen molar-refractivity contribution in [2.75, 3.05) is 11.9 Å². The van der Waals surface area contributed by atoms with Crippen LogP contribution in [0.1, 0.15) is 21.5 Å². The van der Waals surface area contributed by atoms with E-state index in [9.17, 15) is 22.4 Å². The lowest BCUT2D eigenvalue weighted by atomic mass is 10.0. The molecule has 184 valence electrons. The zero-order valence-electron chi connectivity index (χ0n) is 18.8. The first-order chi connectivity index (χ1) is 17.2. The van der Waals surface area contributed by atoms with Crippen LogP contribution in [0.4, 0.5) is 23.5 Å². The van der Waals surface area contributed by atoms with Gasteiger partial charge in [0, 0.05) is 24.1 Å². The Morgan fingerprint density at radius 3 is 2.19 bits per heavy atom. The Kier molecular flexibility index (Phi) is 7.53. The fourth-order valence-electron chi connectivity index (χ4n) is 3.25. The summed E-state index contributed by atoms with van der Waals surface area (Å²) in [4.78, 5) is 24.8. The number of nitrogens with one attached hydrogen (secondary N) is 1. The van der Waals surface area contributed by atoms with E-state index in [0.29, 0.717) is 16.7 Å². The molecule has 1 N–H and O–H groups in total. The SMILES string of the molecule is O=C(Cc1ccccc1)c1ccc(-c2nc(NCc3ccc(F)cc3)nc(OCC(F)(F)F)n2)cc1. The Bertz CT molecular complexity index is 1310. The van der Waals surface area contributed by atoms with E-state index in [1.807, 2.05) is 30.3 Å². The lowest BCUT2D eigenvalue weighted by Gasteiger charge is -2.11. The number of rotatable bonds is 9. The van der Waals surface area contributed by atoms with E-state index in [1.165, 1.54) is 12.1 Å². The zero-order chi connectivity index (χ0) is 25.5. The number of anilines is 1. The number of alkyl halides is 3. The average molecular weight is 496 g/mol. The molecule has 0 bridgehead atoms. The number of halogens is 4. The van der Waals surface area contributed by atoms with Crippen molar-refractivity contribution >= 4 is 11.7 Å². The maximum Gasteiger partial charge on any atom is 0.422 e. The predicted molar refractivity (Wildman–Crippen MR) is 125 cm³/mol. The van der Waals surface area contributed by atoms with Gasteiger partial charge in [-0.2, -0.15) is 28.1 Å². The van der Waals surface area contributed by atoms with Gasteiger partial charge in [-0.1, -0.05) is 66.7 Å². The van der Waals surface area contributed by atoms with Crippen molar-refractivity contribution in [3.63, 3.8) is 0 Å². The fraction of sp³-hybridized carbons (Fsp3) is 0.154. The standard InChI is InChI=1S/C26H20F4N4O2/c27-21-12-6-18(7-13-21)15-31-24-32-23(33-25(34-24)36-16-26(28,29)30)20-10-8-19(9-11-20)22(35)14-17-4-2-1-3-5-17/h1-13H,14-16H2,(H,31,32,33,34). The van der Waals surface area contributed by atoms with Gasteiger partial charge >= 0.3 is 12.2 Å². The molecule has 36 heavy (non-hydrogen) atoms. The molecule has 10 heteroatoms. The minimum Gasteiger partial charge on any atom is -0.454 e. The lowest BCUT2D eigenvalue weighted by Crippen LogP contribution is -2.20. The molecule has 0 radical (unpaired) electrons. The summed E-state index contributed by atoms with van der Waals surface area (Å²) in [6, 6.07) is 20.9. The van der Waals surface area contributed by atoms with Crippen molar-refractivity contribution in [2.45, 2.75) is 19.1 Å². The summed E-state index contributed by atoms with van der Waals surface area (Å²) in [6.07, 6.45) is -4.34. The van der Waals surface area contributed by atoms with Gasteiger partial charge in [-0.05, 0) is 23.3 Å². The third-order valence-electron chi connectivity index (χ3n) is 5.02. The summed E-state index contributed by atoms with van der Waals surface area (Å²) >= 11 is 0. The van der Waals surface area contributed by atoms with E-state index in [0.717, 1.165) is 5.56 Å². The summed E-state index contributed by atoms with van der Waals surface area (Å²) in [5.74, 6) is -0.439. The molecule has 0 saturated heterocycles. The normalized spacial score (nSPS) is 11.2. The third-order valence-corrected chi connectivity index (χ3v) is 5.02. The second kappa shape index (κ2) is 10.9. The quantitative estimate of drug-likeness (QED) is 0.238. The molecule has 0 amide bonds. The molecule has 4 rings (SSSR count). The maximum absolute atomic E-state index is 13.1. The van der Waals surface area contributed by atoms with E-state index in [1.54, 1.807) is 36.4 Å². The van der Waals surface area contributed by atoms with Gasteiger partial charge in [0.05, 0.1) is 0 Å². The van der Waals surface area contributed by atoms with E-state index < -0.39 is 24.6 Å². The number of hydrogen-bond donors (Lipinski definition) is 1. The molecular formula is C26H20F4N4O2. The minimum absolute atomic E-state index is 0.0225. The Morgan fingerprint density at radius 2 is 1.53 bits per heavy atom. The van der Waals surface area contributed by atoms with Crippen LogP contribution in [-0.2, 0) is 13.0 Å². The predicted octanol–water partition coefficient (Wildman–Crippen LogP) is 5.66. The molecule has 0 saturated carbocycles. The van der Waals surface area contributed by atoms with Crippen LogP contribution in [0.2, 0.25) is 0 Å². The Morgan fingerprint density at radius 1 is 0.833 bits per heavy atom. The lowest BCUT2D eigenvalue weighted by molar-refractivity contribution is -0.154. The molecular weight excluding hydrogens is 476 g/mol. The topological polar surface area (TPSA) is 77.0 Å². The second-order valence-corrected chi connectivity index (χ2v) is 7.81. The summed E-state index contributed by atoms with van der Waals surface area (Å²) < 4.78 is 55.9. The highest BCUT2D eigenvalue weighted by Gasteiger charge is 2.29. The van der Waals surface area contributed by atoms with Gasteiger partial charge in [-0.3, -0.25) is 4.79 Å². The monoisotopic (exact) mass is 496 g/mol. The molecule has 1 aromatic heterocycles. The van der Waals surface area contributed by atoms with Crippen LogP contribution in [0.15, 0.2) is 78.9 Å². The van der Waals surface area contributed by atoms with Crippen LogP contribution in [-0.4, -0.2) is 33.5 Å². The molecule has 0 aliphatic heterocycles. The molecule has 6 nitrogen and oxygen atoms in total. The highest BCUT2D eigenvalue weighted by molar-refractivity contribution is 5.97. The number of hydrogen-bond acceptors (Lipinski definition) is 6. The fourth-order valence-corrected chi connectivity index (χ4v) is 3.25. The van der Waals surface area contributed by atoms with E-state index >= 15 is 0 Å². The molecule has 0 fully saturated rings. The number of carbonyl (C=O) groups excluding carboxylic acids is 1. The van der Waals surface area contributed by atoms with Crippen molar-refractivity contribution in [3.8, 4) is 17.4 Å². The van der Waals surface area contributed by atoms with Gasteiger partial charge in [0.2, 0.25) is 5.95 Å². The van der Waals surface area contributed by atoms with E-state index in [-0.39, 0.29) is 30.5 Å². The molecule has 3 aromatic carbocycles. The number of aromatic nitrogens is 3. The van der Waals surface area contributed by atoms with Gasteiger partial charge in [0.15, 0.2) is 18.2 Å². The molecule has 0 unspecified atom stereocenters. The van der Waals surface area contributed by atoms with E-state index in [4.69, 9.17) is 4.74 Å². The molecule has 0 spiro atoms. The van der Waals surface area contributed by atoms with Gasteiger partial charge in [0.25, 0.3) is 0 Å². The highest BCUT2D eigenvalue weighted by atomic mass is 19.4. The molecule has 0 atom stereocenters. The smallest absolute Gasteiger partial charge is 0.422 e. The van der Waals surface area contributed by atoms with Crippen LogP contribution in [0.25, 0.3) is 11.4 Å². The average Bonchev–Trinajstić information content (AvgIpc) is 2.87. The highest BCUT2D eigenvalue weighted by Crippen LogP contribution is 2.22. The first-order valence-electron chi connectivity index (χ1n) is 10.9. The Balaban J connectivity index is 1.54. The number of benzene rings is 3. The first-order valence-corrected chi connectivity index (χ1v) is 10.9. The van der Waals surface area contributed by atoms with Gasteiger partial charge in [-0.25, -0.2) is 4.39 Å². The largest absolute Gasteiger partial charge is 0.454 e. The van der Waals surface area contributed by atoms with Crippen LogP contribution >= 0.6 is 0 Å². The van der Waals surface area contributed by atoms with Crippen LogP contribution in [0.3, 0.4) is 0 Å². The minimum atomic E-state index is -4.57. The second-order valence-electron chi connectivity index (χ2n) is 7.81. The number of Topliss-reactive ketones (excluding diaryl/α,β-unsaturated/α-hetero) is 1. The van der Waals surface area contributed by atoms with Crippen LogP contribution < -0.4 is 10.1 Å². The summed E-state index contributed by atoms with van der Waals surface area (Å²) in [6.45, 7) is -1.38. The summed E-state index contributed by atoms with van der Waals surface area (Å²) in [7, 11) is 0. The Labute approximate surface area is 204 Å². The van der Waals surface area contributed by atoms with Gasteiger partial charge in [0.1, 0.15) is 5.82 Å². The van der Waals surface area contributed by atoms with E-state index in [2.05, 4.69) is 20.3 Å². The number of nitrogens with zero attached hydrogens (tertiary/aromatic N) is 3. The maximum atomic E-state index is 13.1. The molecule has 4 aromatic rings. The molecule has 0 aliphatic carbocycles. The van der Waals surface area contributed by atoms with Crippen molar-refractivity contribution in [3.05, 3.63) is 101 Å². The molecule has 1 heterocycles.